The fourth-order valence-corrected chi connectivity index (χ4v) is 0.968. The molecule has 0 saturated heterocycles. The number of carbonyl (C=O) groups is 1. The molecule has 1 aromatic carbocycles. The fourth-order valence-electron chi connectivity index (χ4n) is 0.968. The van der Waals surface area contributed by atoms with E-state index in [4.69, 9.17) is 4.74 Å². The molecule has 1 rings (SSSR count). The van der Waals surface area contributed by atoms with Gasteiger partial charge in [-0.2, -0.15) is 0 Å². The molecule has 0 heterocycles. The van der Waals surface area contributed by atoms with Gasteiger partial charge in [0.2, 0.25) is 0 Å². The lowest BCUT2D eigenvalue weighted by molar-refractivity contribution is -0.302. The Hall–Kier alpha value is -1.77. The highest BCUT2D eigenvalue weighted by molar-refractivity contribution is 5.82. The maximum absolute atomic E-state index is 10.6. The number of carbonyl (C=O) groups excluding carboxylic acids is 1. The van der Waals surface area contributed by atoms with Crippen molar-refractivity contribution in [3.05, 3.63) is 42.2 Å². The van der Waals surface area contributed by atoms with Gasteiger partial charge in [0.15, 0.2) is 0 Å². The Morgan fingerprint density at radius 1 is 1.43 bits per heavy atom. The first-order valence-electron chi connectivity index (χ1n) is 4.38. The molecule has 0 aliphatic carbocycles. The van der Waals surface area contributed by atoms with Crippen LogP contribution in [0.4, 0.5) is 0 Å². The van der Waals surface area contributed by atoms with Crippen LogP contribution in [0.25, 0.3) is 0 Å². The molecule has 0 unspecified atom stereocenters. The summed E-state index contributed by atoms with van der Waals surface area (Å²) in [4.78, 5) is 10.6. The van der Waals surface area contributed by atoms with E-state index in [9.17, 15) is 9.90 Å². The minimum absolute atomic E-state index is 0.140. The van der Waals surface area contributed by atoms with Crippen LogP contribution in [0.5, 0.6) is 5.75 Å². The zero-order valence-corrected chi connectivity index (χ0v) is 7.90. The molecule has 0 aliphatic heterocycles. The summed E-state index contributed by atoms with van der Waals surface area (Å²) < 4.78 is 5.12. The molecule has 0 aliphatic rings. The minimum atomic E-state index is -1.30. The molecule has 0 bridgehead atoms. The number of para-hydroxylation sites is 1. The highest BCUT2D eigenvalue weighted by atomic mass is 16.5. The van der Waals surface area contributed by atoms with E-state index in [1.54, 1.807) is 24.3 Å². The molecule has 0 amide bonds. The third kappa shape index (κ3) is 2.94. The number of rotatable bonds is 4. The van der Waals surface area contributed by atoms with Gasteiger partial charge in [0.1, 0.15) is 17.5 Å². The molecule has 3 nitrogen and oxygen atoms in total. The van der Waals surface area contributed by atoms with Gasteiger partial charge in [-0.1, -0.05) is 25.1 Å². The van der Waals surface area contributed by atoms with Crippen molar-refractivity contribution in [2.24, 2.45) is 0 Å². The van der Waals surface area contributed by atoms with Gasteiger partial charge >= 0.3 is 0 Å². The highest BCUT2D eigenvalue weighted by Gasteiger charge is 1.99. The summed E-state index contributed by atoms with van der Waals surface area (Å²) in [6.07, 6.45) is 2.07. The molecule has 0 atom stereocenters. The number of allylic oxidation sites excluding steroid dienone is 1. The van der Waals surface area contributed by atoms with Crippen LogP contribution in [0.2, 0.25) is 0 Å². The Bertz CT molecular complexity index is 328. The second-order valence-corrected chi connectivity index (χ2v) is 2.68. The standard InChI is InChI=1S/C11H12O3/c1-2-6-10(11(12)13)14-9-7-4-3-5-8-9/h3-8H,2H2,1H3,(H,12,13)/p-1/b10-6+. The van der Waals surface area contributed by atoms with E-state index in [2.05, 4.69) is 0 Å². The summed E-state index contributed by atoms with van der Waals surface area (Å²) in [5, 5.41) is 10.6. The van der Waals surface area contributed by atoms with Gasteiger partial charge in [0.25, 0.3) is 0 Å². The Kier molecular flexibility index (Phi) is 3.73. The third-order valence-electron chi connectivity index (χ3n) is 1.56. The van der Waals surface area contributed by atoms with E-state index in [0.29, 0.717) is 12.2 Å². The SMILES string of the molecule is CC/C=C(/Oc1ccccc1)C(=O)[O-]. The molecule has 0 fully saturated rings. The quantitative estimate of drug-likeness (QED) is 0.529. The Labute approximate surface area is 82.6 Å². The molecule has 0 saturated carbocycles. The second kappa shape index (κ2) is 5.07. The van der Waals surface area contributed by atoms with Gasteiger partial charge in [-0.25, -0.2) is 0 Å². The van der Waals surface area contributed by atoms with E-state index in [0.717, 1.165) is 0 Å². The predicted octanol–water partition coefficient (Wildman–Crippen LogP) is 1.11. The number of benzene rings is 1. The number of carboxylic acid groups (broad SMARTS) is 1. The average molecular weight is 191 g/mol. The average Bonchev–Trinajstić information content (AvgIpc) is 2.18. The molecular formula is C11H11O3-. The van der Waals surface area contributed by atoms with Crippen LogP contribution in [0, 0.1) is 0 Å². The lowest BCUT2D eigenvalue weighted by atomic mass is 10.3. The first kappa shape index (κ1) is 10.3. The van der Waals surface area contributed by atoms with Crippen molar-refractivity contribution in [3.63, 3.8) is 0 Å². The number of hydrogen-bond acceptors (Lipinski definition) is 3. The van der Waals surface area contributed by atoms with E-state index >= 15 is 0 Å². The predicted molar refractivity (Wildman–Crippen MR) is 50.5 cm³/mol. The lowest BCUT2D eigenvalue weighted by Crippen LogP contribution is -2.27. The van der Waals surface area contributed by atoms with Gasteiger partial charge in [-0.05, 0) is 24.6 Å². The summed E-state index contributed by atoms with van der Waals surface area (Å²) >= 11 is 0. The topological polar surface area (TPSA) is 49.4 Å². The van der Waals surface area contributed by atoms with Crippen molar-refractivity contribution < 1.29 is 14.6 Å². The summed E-state index contributed by atoms with van der Waals surface area (Å²) in [5.74, 6) is -0.939. The minimum Gasteiger partial charge on any atom is -0.542 e. The molecule has 0 aromatic heterocycles. The molecular weight excluding hydrogens is 180 g/mol. The van der Waals surface area contributed by atoms with Crippen LogP contribution in [-0.4, -0.2) is 5.97 Å². The summed E-state index contributed by atoms with van der Waals surface area (Å²) in [6, 6.07) is 8.75. The van der Waals surface area contributed by atoms with Gasteiger partial charge in [-0.15, -0.1) is 0 Å². The van der Waals surface area contributed by atoms with Crippen LogP contribution in [0.15, 0.2) is 42.2 Å². The maximum Gasteiger partial charge on any atom is 0.146 e. The largest absolute Gasteiger partial charge is 0.542 e. The highest BCUT2D eigenvalue weighted by Crippen LogP contribution is 2.12. The van der Waals surface area contributed by atoms with Gasteiger partial charge < -0.3 is 14.6 Å². The molecule has 1 aromatic rings. The summed E-state index contributed by atoms with van der Waals surface area (Å²) in [7, 11) is 0. The number of aliphatic carboxylic acids is 1. The normalized spacial score (nSPS) is 11.1. The van der Waals surface area contributed by atoms with Crippen molar-refractivity contribution in [1.29, 1.82) is 0 Å². The number of hydrogen-bond donors (Lipinski definition) is 0. The van der Waals surface area contributed by atoms with Crippen LogP contribution in [0.1, 0.15) is 13.3 Å². The molecule has 14 heavy (non-hydrogen) atoms. The first-order chi connectivity index (χ1) is 6.74. The lowest BCUT2D eigenvalue weighted by Gasteiger charge is -2.10. The van der Waals surface area contributed by atoms with Crippen molar-refractivity contribution in [3.8, 4) is 5.75 Å². The van der Waals surface area contributed by atoms with Crippen LogP contribution < -0.4 is 9.84 Å². The van der Waals surface area contributed by atoms with Crippen LogP contribution in [-0.2, 0) is 4.79 Å². The Balaban J connectivity index is 2.76. The molecule has 0 radical (unpaired) electrons. The van der Waals surface area contributed by atoms with Gasteiger partial charge in [0.05, 0.1) is 0 Å². The molecule has 74 valence electrons. The zero-order valence-electron chi connectivity index (χ0n) is 7.90. The fraction of sp³-hybridized carbons (Fsp3) is 0.182. The van der Waals surface area contributed by atoms with E-state index in [1.807, 2.05) is 13.0 Å². The van der Waals surface area contributed by atoms with Crippen LogP contribution in [0.3, 0.4) is 0 Å². The summed E-state index contributed by atoms with van der Waals surface area (Å²) in [6.45, 7) is 1.83. The van der Waals surface area contributed by atoms with Gasteiger partial charge in [-0.3, -0.25) is 0 Å². The zero-order chi connectivity index (χ0) is 10.4. The van der Waals surface area contributed by atoms with E-state index in [-0.39, 0.29) is 5.76 Å². The number of ether oxygens (including phenoxy) is 1. The number of carboxylic acids is 1. The van der Waals surface area contributed by atoms with Crippen molar-refractivity contribution >= 4 is 5.97 Å². The van der Waals surface area contributed by atoms with E-state index < -0.39 is 5.97 Å². The molecule has 3 heteroatoms. The van der Waals surface area contributed by atoms with Crippen molar-refractivity contribution in [2.75, 3.05) is 0 Å². The monoisotopic (exact) mass is 191 g/mol. The molecule has 0 spiro atoms. The van der Waals surface area contributed by atoms with E-state index in [1.165, 1.54) is 6.08 Å². The Morgan fingerprint density at radius 2 is 2.07 bits per heavy atom. The smallest absolute Gasteiger partial charge is 0.146 e. The second-order valence-electron chi connectivity index (χ2n) is 2.68. The third-order valence-corrected chi connectivity index (χ3v) is 1.56. The summed E-state index contributed by atoms with van der Waals surface area (Å²) in [5.41, 5.74) is 0. The van der Waals surface area contributed by atoms with Crippen LogP contribution >= 0.6 is 0 Å². The first-order valence-corrected chi connectivity index (χ1v) is 4.38. The van der Waals surface area contributed by atoms with Crippen molar-refractivity contribution in [1.82, 2.24) is 0 Å². The maximum atomic E-state index is 10.6. The Morgan fingerprint density at radius 3 is 2.57 bits per heavy atom. The molecule has 0 N–H and O–H groups in total. The van der Waals surface area contributed by atoms with Gasteiger partial charge in [0, 0.05) is 0 Å². The van der Waals surface area contributed by atoms with Crippen molar-refractivity contribution in [2.45, 2.75) is 13.3 Å².